The molecule has 2 nitrogen and oxygen atoms in total. The lowest BCUT2D eigenvalue weighted by atomic mass is 9.58. The molecule has 2 aliphatic carbocycles. The van der Waals surface area contributed by atoms with Gasteiger partial charge in [-0.1, -0.05) is 6.07 Å². The summed E-state index contributed by atoms with van der Waals surface area (Å²) in [6.45, 7) is 0. The van der Waals surface area contributed by atoms with Crippen molar-refractivity contribution in [3.8, 4) is 5.75 Å². The predicted octanol–water partition coefficient (Wildman–Crippen LogP) is 2.19. The van der Waals surface area contributed by atoms with Crippen molar-refractivity contribution in [2.24, 2.45) is 5.92 Å². The number of fused-ring (bicyclic) bond motifs is 2. The number of hydrogen-bond acceptors (Lipinski definition) is 2. The molecule has 2 heteroatoms. The molecule has 0 aromatic heterocycles. The fourth-order valence-corrected chi connectivity index (χ4v) is 3.24. The molecule has 1 spiro atoms. The summed E-state index contributed by atoms with van der Waals surface area (Å²) in [6.07, 6.45) is 5.35. The lowest BCUT2D eigenvalue weighted by Gasteiger charge is -2.45. The first-order valence-electron chi connectivity index (χ1n) is 5.54. The second-order valence-electron chi connectivity index (χ2n) is 4.78. The zero-order valence-corrected chi connectivity index (χ0v) is 8.57. The minimum absolute atomic E-state index is 0.0792. The van der Waals surface area contributed by atoms with Gasteiger partial charge in [-0.2, -0.15) is 0 Å². The van der Waals surface area contributed by atoms with Crippen molar-refractivity contribution in [3.05, 3.63) is 29.3 Å². The molecule has 1 fully saturated rings. The van der Waals surface area contributed by atoms with Crippen LogP contribution in [0.1, 0.15) is 30.4 Å². The monoisotopic (exact) mass is 202 g/mol. The van der Waals surface area contributed by atoms with E-state index in [1.807, 2.05) is 12.1 Å². The smallest absolute Gasteiger partial charge is 0.123 e. The normalized spacial score (nSPS) is 32.4. The van der Waals surface area contributed by atoms with Crippen molar-refractivity contribution in [2.45, 2.75) is 31.1 Å². The number of phenols is 1. The largest absolute Gasteiger partial charge is 0.508 e. The first-order chi connectivity index (χ1) is 7.26. The Labute approximate surface area is 88.9 Å². The van der Waals surface area contributed by atoms with Crippen molar-refractivity contribution in [1.82, 2.24) is 0 Å². The Morgan fingerprint density at radius 3 is 2.93 bits per heavy atom. The molecule has 2 aliphatic rings. The van der Waals surface area contributed by atoms with Crippen LogP contribution < -0.4 is 0 Å². The fourth-order valence-electron chi connectivity index (χ4n) is 3.24. The molecular formula is C13H14O2. The molecular weight excluding hydrogens is 188 g/mol. The summed E-state index contributed by atoms with van der Waals surface area (Å²) in [5, 5.41) is 9.52. The molecule has 1 aromatic rings. The Morgan fingerprint density at radius 1 is 1.40 bits per heavy atom. The highest BCUT2D eigenvalue weighted by Crippen LogP contribution is 2.56. The lowest BCUT2D eigenvalue weighted by molar-refractivity contribution is -0.116. The molecule has 3 rings (SSSR count). The number of aromatic hydroxyl groups is 1. The molecule has 78 valence electrons. The van der Waals surface area contributed by atoms with Gasteiger partial charge in [-0.25, -0.2) is 0 Å². The van der Waals surface area contributed by atoms with Gasteiger partial charge in [0.15, 0.2) is 0 Å². The predicted molar refractivity (Wildman–Crippen MR) is 56.9 cm³/mol. The third-order valence-electron chi connectivity index (χ3n) is 4.25. The molecule has 2 atom stereocenters. The molecule has 0 unspecified atom stereocenters. The molecule has 0 amide bonds. The molecule has 1 saturated carbocycles. The quantitative estimate of drug-likeness (QED) is 0.709. The third-order valence-corrected chi connectivity index (χ3v) is 4.25. The molecule has 0 bridgehead atoms. The number of benzene rings is 1. The van der Waals surface area contributed by atoms with Gasteiger partial charge >= 0.3 is 0 Å². The van der Waals surface area contributed by atoms with E-state index < -0.39 is 0 Å². The standard InChI is InChI=1S/C13H14O2/c14-8-10-4-6-13(10)5-3-9-1-2-11(15)7-12(9)13/h1-2,7-8,10,15H,3-6H2/t10-,13-/m1/s1. The van der Waals surface area contributed by atoms with Crippen LogP contribution in [0.4, 0.5) is 0 Å². The lowest BCUT2D eigenvalue weighted by Crippen LogP contribution is -2.43. The summed E-state index contributed by atoms with van der Waals surface area (Å²) >= 11 is 0. The molecule has 1 aromatic carbocycles. The van der Waals surface area contributed by atoms with E-state index in [1.54, 1.807) is 6.07 Å². The second-order valence-corrected chi connectivity index (χ2v) is 4.78. The number of hydrogen-bond donors (Lipinski definition) is 1. The topological polar surface area (TPSA) is 37.3 Å². The maximum absolute atomic E-state index is 11.0. The van der Waals surface area contributed by atoms with E-state index in [4.69, 9.17) is 0 Å². The second kappa shape index (κ2) is 2.84. The van der Waals surface area contributed by atoms with Gasteiger partial charge in [0.05, 0.1) is 0 Å². The van der Waals surface area contributed by atoms with E-state index >= 15 is 0 Å². The molecule has 0 aliphatic heterocycles. The average Bonchev–Trinajstić information content (AvgIpc) is 2.57. The van der Waals surface area contributed by atoms with Crippen LogP contribution in [-0.4, -0.2) is 11.4 Å². The van der Waals surface area contributed by atoms with E-state index in [9.17, 15) is 9.90 Å². The molecule has 0 saturated heterocycles. The molecule has 1 N–H and O–H groups in total. The minimum Gasteiger partial charge on any atom is -0.508 e. The maximum atomic E-state index is 11.0. The van der Waals surface area contributed by atoms with Gasteiger partial charge in [0, 0.05) is 11.3 Å². The SMILES string of the molecule is O=C[C@H]1CC[C@]12CCc1ccc(O)cc12. The van der Waals surface area contributed by atoms with Gasteiger partial charge in [-0.3, -0.25) is 0 Å². The number of carbonyl (C=O) groups excluding carboxylic acids is 1. The van der Waals surface area contributed by atoms with E-state index in [0.717, 1.165) is 32.0 Å². The third kappa shape index (κ3) is 1.02. The summed E-state index contributed by atoms with van der Waals surface area (Å²) in [5.74, 6) is 0.507. The summed E-state index contributed by atoms with van der Waals surface area (Å²) in [6, 6.07) is 5.60. The number of aryl methyl sites for hydroxylation is 1. The Balaban J connectivity index is 2.10. The van der Waals surface area contributed by atoms with Crippen LogP contribution in [0.25, 0.3) is 0 Å². The fraction of sp³-hybridized carbons (Fsp3) is 0.462. The molecule has 0 radical (unpaired) electrons. The summed E-state index contributed by atoms with van der Waals surface area (Å²) in [5.41, 5.74) is 2.63. The van der Waals surface area contributed by atoms with E-state index in [-0.39, 0.29) is 11.3 Å². The van der Waals surface area contributed by atoms with Crippen molar-refractivity contribution in [2.75, 3.05) is 0 Å². The first kappa shape index (κ1) is 8.96. The average molecular weight is 202 g/mol. The first-order valence-corrected chi connectivity index (χ1v) is 5.54. The van der Waals surface area contributed by atoms with Gasteiger partial charge in [0.2, 0.25) is 0 Å². The molecule has 15 heavy (non-hydrogen) atoms. The van der Waals surface area contributed by atoms with Crippen molar-refractivity contribution >= 4 is 6.29 Å². The highest BCUT2D eigenvalue weighted by Gasteiger charge is 2.51. The van der Waals surface area contributed by atoms with Crippen LogP contribution in [0.2, 0.25) is 0 Å². The van der Waals surface area contributed by atoms with E-state index in [0.29, 0.717) is 5.75 Å². The van der Waals surface area contributed by atoms with Gasteiger partial charge < -0.3 is 9.90 Å². The minimum atomic E-state index is 0.0792. The Kier molecular flexibility index (Phi) is 1.70. The number of aldehydes is 1. The molecule has 0 heterocycles. The number of phenolic OH excluding ortho intramolecular Hbond substituents is 1. The Morgan fingerprint density at radius 2 is 2.27 bits per heavy atom. The van der Waals surface area contributed by atoms with Crippen LogP contribution in [0.15, 0.2) is 18.2 Å². The highest BCUT2D eigenvalue weighted by atomic mass is 16.3. The van der Waals surface area contributed by atoms with Crippen LogP contribution in [0.5, 0.6) is 5.75 Å². The van der Waals surface area contributed by atoms with E-state index in [1.165, 1.54) is 11.1 Å². The van der Waals surface area contributed by atoms with Crippen molar-refractivity contribution in [3.63, 3.8) is 0 Å². The van der Waals surface area contributed by atoms with E-state index in [2.05, 4.69) is 0 Å². The van der Waals surface area contributed by atoms with Gasteiger partial charge in [-0.05, 0) is 48.9 Å². The zero-order valence-electron chi connectivity index (χ0n) is 8.57. The van der Waals surface area contributed by atoms with Gasteiger partial charge in [0.25, 0.3) is 0 Å². The van der Waals surface area contributed by atoms with Crippen molar-refractivity contribution < 1.29 is 9.90 Å². The number of carbonyl (C=O) groups is 1. The zero-order chi connectivity index (χ0) is 10.5. The number of rotatable bonds is 1. The van der Waals surface area contributed by atoms with Crippen LogP contribution in [0.3, 0.4) is 0 Å². The van der Waals surface area contributed by atoms with Crippen molar-refractivity contribution in [1.29, 1.82) is 0 Å². The van der Waals surface area contributed by atoms with Gasteiger partial charge in [0.1, 0.15) is 12.0 Å². The Bertz CT molecular complexity index is 425. The summed E-state index contributed by atoms with van der Waals surface area (Å²) in [7, 11) is 0. The summed E-state index contributed by atoms with van der Waals surface area (Å²) < 4.78 is 0. The van der Waals surface area contributed by atoms with Crippen LogP contribution >= 0.6 is 0 Å². The maximum Gasteiger partial charge on any atom is 0.123 e. The summed E-state index contributed by atoms with van der Waals surface area (Å²) in [4.78, 5) is 11.0. The highest BCUT2D eigenvalue weighted by molar-refractivity contribution is 5.62. The van der Waals surface area contributed by atoms with Gasteiger partial charge in [-0.15, -0.1) is 0 Å². The Hall–Kier alpha value is -1.31. The van der Waals surface area contributed by atoms with Crippen LogP contribution in [0, 0.1) is 5.92 Å². The van der Waals surface area contributed by atoms with Crippen LogP contribution in [-0.2, 0) is 16.6 Å².